The van der Waals surface area contributed by atoms with Crippen LogP contribution in [0.4, 0.5) is 4.79 Å². The second-order valence-corrected chi connectivity index (χ2v) is 8.02. The molecule has 0 radical (unpaired) electrons. The molecule has 6 nitrogen and oxygen atoms in total. The lowest BCUT2D eigenvalue weighted by molar-refractivity contribution is 0.151. The van der Waals surface area contributed by atoms with Crippen molar-refractivity contribution in [3.8, 4) is 0 Å². The molecule has 0 aliphatic carbocycles. The summed E-state index contributed by atoms with van der Waals surface area (Å²) in [5.74, 6) is 0.681. The van der Waals surface area contributed by atoms with Gasteiger partial charge in [-0.1, -0.05) is 19.9 Å². The number of nitrogens with one attached hydrogen (secondary N) is 2. The minimum atomic E-state index is -0.946. The molecule has 2 amide bonds. The molecule has 24 heavy (non-hydrogen) atoms. The summed E-state index contributed by atoms with van der Waals surface area (Å²) in [5, 5.41) is 5.88. The van der Waals surface area contributed by atoms with Gasteiger partial charge in [-0.15, -0.1) is 0 Å². The zero-order chi connectivity index (χ0) is 17.6. The van der Waals surface area contributed by atoms with E-state index in [0.29, 0.717) is 25.4 Å². The third-order valence-electron chi connectivity index (χ3n) is 4.41. The van der Waals surface area contributed by atoms with Crippen LogP contribution in [0.25, 0.3) is 0 Å². The predicted molar refractivity (Wildman–Crippen MR) is 97.1 cm³/mol. The maximum Gasteiger partial charge on any atom is 0.315 e. The number of hydrogen-bond acceptors (Lipinski definition) is 3. The molecule has 1 aliphatic heterocycles. The van der Waals surface area contributed by atoms with Crippen LogP contribution in [0.5, 0.6) is 0 Å². The van der Waals surface area contributed by atoms with Crippen molar-refractivity contribution >= 4 is 17.0 Å². The van der Waals surface area contributed by atoms with Crippen molar-refractivity contribution in [2.75, 3.05) is 25.4 Å². The molecule has 7 heteroatoms. The van der Waals surface area contributed by atoms with Crippen LogP contribution in [0, 0.1) is 0 Å². The van der Waals surface area contributed by atoms with E-state index in [1.807, 2.05) is 43.3 Å². The topological polar surface area (TPSA) is 74.3 Å². The van der Waals surface area contributed by atoms with Gasteiger partial charge in [0.1, 0.15) is 0 Å². The number of nitrogens with zero attached hydrogens (tertiary/aromatic N) is 2. The summed E-state index contributed by atoms with van der Waals surface area (Å²) in [6.45, 7) is 7.84. The highest BCUT2D eigenvalue weighted by Gasteiger charge is 2.47. The van der Waals surface area contributed by atoms with Crippen molar-refractivity contribution < 1.29 is 9.00 Å². The number of carbonyl (C=O) groups is 1. The Hall–Kier alpha value is -1.47. The Bertz CT molecular complexity index is 561. The fourth-order valence-electron chi connectivity index (χ4n) is 2.74. The lowest BCUT2D eigenvalue weighted by atomic mass is 9.78. The Balaban J connectivity index is 2.01. The number of hydrogen-bond donors (Lipinski definition) is 2. The first-order chi connectivity index (χ1) is 11.5. The van der Waals surface area contributed by atoms with Gasteiger partial charge in [-0.3, -0.25) is 4.98 Å². The largest absolute Gasteiger partial charge is 0.337 e. The molecule has 0 bridgehead atoms. The molecule has 1 aromatic heterocycles. The minimum Gasteiger partial charge on any atom is -0.337 e. The molecular formula is C17H28N4O2S. The molecule has 2 unspecified atom stereocenters. The molecule has 0 saturated carbocycles. The number of aromatic nitrogens is 1. The zero-order valence-corrected chi connectivity index (χ0v) is 15.6. The maximum absolute atomic E-state index is 12.2. The highest BCUT2D eigenvalue weighted by molar-refractivity contribution is 7.82. The smallest absolute Gasteiger partial charge is 0.315 e. The lowest BCUT2D eigenvalue weighted by Crippen LogP contribution is -2.65. The van der Waals surface area contributed by atoms with Gasteiger partial charge in [-0.2, -0.15) is 0 Å². The number of urea groups is 1. The van der Waals surface area contributed by atoms with Gasteiger partial charge in [-0.25, -0.2) is 13.3 Å². The summed E-state index contributed by atoms with van der Waals surface area (Å²) in [4.78, 5) is 16.5. The fourth-order valence-corrected chi connectivity index (χ4v) is 4.13. The van der Waals surface area contributed by atoms with E-state index in [-0.39, 0.29) is 17.5 Å². The predicted octanol–water partition coefficient (Wildman–Crippen LogP) is 1.81. The minimum absolute atomic E-state index is 0.144. The molecule has 1 aliphatic rings. The standard InChI is InChI=1S/C17H28N4O2S/c1-4-10-24(23)21-12-17(13-21,15-8-6-7-9-18-15)11-19-16(22)20-14(3)5-2/h6-9,14H,4-5,10-13H2,1-3H3,(H2,19,20,22). The number of pyridine rings is 1. The van der Waals surface area contributed by atoms with Crippen LogP contribution < -0.4 is 10.6 Å². The second kappa shape index (κ2) is 8.58. The SMILES string of the molecule is CCCS(=O)N1CC(CNC(=O)NC(C)CC)(c2ccccn2)C1. The Morgan fingerprint density at radius 3 is 2.75 bits per heavy atom. The van der Waals surface area contributed by atoms with E-state index >= 15 is 0 Å². The Morgan fingerprint density at radius 2 is 2.17 bits per heavy atom. The van der Waals surface area contributed by atoms with Gasteiger partial charge in [0.05, 0.1) is 22.1 Å². The summed E-state index contributed by atoms with van der Waals surface area (Å²) in [7, 11) is -0.946. The van der Waals surface area contributed by atoms with E-state index in [1.54, 1.807) is 6.20 Å². The van der Waals surface area contributed by atoms with Crippen LogP contribution in [0.3, 0.4) is 0 Å². The molecule has 134 valence electrons. The quantitative estimate of drug-likeness (QED) is 0.749. The van der Waals surface area contributed by atoms with E-state index in [2.05, 4.69) is 15.6 Å². The number of rotatable bonds is 8. The van der Waals surface area contributed by atoms with Crippen molar-refractivity contribution in [1.29, 1.82) is 0 Å². The summed E-state index contributed by atoms with van der Waals surface area (Å²) >= 11 is 0. The van der Waals surface area contributed by atoms with E-state index in [9.17, 15) is 9.00 Å². The van der Waals surface area contributed by atoms with Gasteiger partial charge in [0.15, 0.2) is 0 Å². The van der Waals surface area contributed by atoms with Gasteiger partial charge in [0.25, 0.3) is 0 Å². The van der Waals surface area contributed by atoms with Gasteiger partial charge < -0.3 is 10.6 Å². The molecular weight excluding hydrogens is 324 g/mol. The van der Waals surface area contributed by atoms with E-state index in [0.717, 1.165) is 18.5 Å². The molecule has 2 heterocycles. The van der Waals surface area contributed by atoms with Gasteiger partial charge in [0, 0.05) is 37.6 Å². The molecule has 1 saturated heterocycles. The van der Waals surface area contributed by atoms with Crippen molar-refractivity contribution in [1.82, 2.24) is 19.9 Å². The third-order valence-corrected chi connectivity index (χ3v) is 6.00. The second-order valence-electron chi connectivity index (χ2n) is 6.46. The zero-order valence-electron chi connectivity index (χ0n) is 14.7. The summed E-state index contributed by atoms with van der Waals surface area (Å²) in [5.41, 5.74) is 0.677. The maximum atomic E-state index is 12.2. The molecule has 2 atom stereocenters. The lowest BCUT2D eigenvalue weighted by Gasteiger charge is -2.48. The van der Waals surface area contributed by atoms with Crippen LogP contribution in [-0.2, 0) is 16.4 Å². The Kier molecular flexibility index (Phi) is 6.74. The molecule has 1 fully saturated rings. The van der Waals surface area contributed by atoms with Crippen LogP contribution in [-0.4, -0.2) is 51.0 Å². The first kappa shape index (κ1) is 18.9. The van der Waals surface area contributed by atoms with Crippen molar-refractivity contribution in [3.05, 3.63) is 30.1 Å². The molecule has 0 spiro atoms. The van der Waals surface area contributed by atoms with Gasteiger partial charge in [0.2, 0.25) is 0 Å². The Labute approximate surface area is 147 Å². The van der Waals surface area contributed by atoms with Gasteiger partial charge in [-0.05, 0) is 31.9 Å². The van der Waals surface area contributed by atoms with Crippen LogP contribution in [0.15, 0.2) is 24.4 Å². The number of amides is 2. The van der Waals surface area contributed by atoms with E-state index in [4.69, 9.17) is 0 Å². The highest BCUT2D eigenvalue weighted by Crippen LogP contribution is 2.34. The normalized spacial score (nSPS) is 19.1. The van der Waals surface area contributed by atoms with Crippen LogP contribution >= 0.6 is 0 Å². The van der Waals surface area contributed by atoms with E-state index in [1.165, 1.54) is 0 Å². The average Bonchev–Trinajstić information content (AvgIpc) is 2.54. The van der Waals surface area contributed by atoms with Crippen molar-refractivity contribution in [2.45, 2.75) is 45.1 Å². The summed E-state index contributed by atoms with van der Waals surface area (Å²) in [6, 6.07) is 5.80. The number of carbonyl (C=O) groups excluding carboxylic acids is 1. The van der Waals surface area contributed by atoms with Crippen molar-refractivity contribution in [3.63, 3.8) is 0 Å². The molecule has 0 aromatic carbocycles. The first-order valence-corrected chi connectivity index (χ1v) is 9.87. The average molecular weight is 353 g/mol. The monoisotopic (exact) mass is 352 g/mol. The fraction of sp³-hybridized carbons (Fsp3) is 0.647. The summed E-state index contributed by atoms with van der Waals surface area (Å²) < 4.78 is 14.1. The molecule has 2 rings (SSSR count). The first-order valence-electron chi connectivity index (χ1n) is 8.60. The third kappa shape index (κ3) is 4.54. The van der Waals surface area contributed by atoms with Crippen molar-refractivity contribution in [2.24, 2.45) is 0 Å². The highest BCUT2D eigenvalue weighted by atomic mass is 32.2. The molecule has 2 N–H and O–H groups in total. The molecule has 1 aromatic rings. The van der Waals surface area contributed by atoms with Gasteiger partial charge >= 0.3 is 6.03 Å². The van der Waals surface area contributed by atoms with Crippen LogP contribution in [0.1, 0.15) is 39.3 Å². The summed E-state index contributed by atoms with van der Waals surface area (Å²) in [6.07, 6.45) is 3.56. The Morgan fingerprint density at radius 1 is 1.42 bits per heavy atom. The van der Waals surface area contributed by atoms with E-state index < -0.39 is 11.0 Å². The van der Waals surface area contributed by atoms with Crippen LogP contribution in [0.2, 0.25) is 0 Å².